The van der Waals surface area contributed by atoms with Crippen LogP contribution < -0.4 is 11.1 Å². The van der Waals surface area contributed by atoms with Crippen LogP contribution in [0.2, 0.25) is 0 Å². The van der Waals surface area contributed by atoms with E-state index < -0.39 is 0 Å². The van der Waals surface area contributed by atoms with Crippen LogP contribution in [0.25, 0.3) is 0 Å². The summed E-state index contributed by atoms with van der Waals surface area (Å²) in [5, 5.41) is 2.77. The van der Waals surface area contributed by atoms with Gasteiger partial charge in [-0.15, -0.1) is 0 Å². The largest absolute Gasteiger partial charge is 0.370 e. The lowest BCUT2D eigenvalue weighted by Gasteiger charge is -2.31. The van der Waals surface area contributed by atoms with E-state index >= 15 is 0 Å². The molecule has 5 nitrogen and oxygen atoms in total. The summed E-state index contributed by atoms with van der Waals surface area (Å²) in [7, 11) is 0. The van der Waals surface area contributed by atoms with Crippen LogP contribution in [0.5, 0.6) is 0 Å². The highest BCUT2D eigenvalue weighted by Gasteiger charge is 2.16. The monoisotopic (exact) mass is 288 g/mol. The molecule has 21 heavy (non-hydrogen) atoms. The van der Waals surface area contributed by atoms with Gasteiger partial charge in [0.1, 0.15) is 0 Å². The topological polar surface area (TPSA) is 70.7 Å². The van der Waals surface area contributed by atoms with Crippen molar-refractivity contribution < 1.29 is 4.79 Å². The lowest BCUT2D eigenvalue weighted by molar-refractivity contribution is -0.114. The minimum atomic E-state index is -0.0717. The fourth-order valence-electron chi connectivity index (χ4n) is 2.46. The minimum Gasteiger partial charge on any atom is -0.370 e. The summed E-state index contributed by atoms with van der Waals surface area (Å²) in [6.45, 7) is 6.29. The molecule has 1 aliphatic rings. The number of nitrogens with zero attached hydrogens (tertiary/aromatic N) is 2. The van der Waals surface area contributed by atoms with E-state index in [9.17, 15) is 4.79 Å². The molecule has 0 radical (unpaired) electrons. The van der Waals surface area contributed by atoms with Crippen LogP contribution in [0.3, 0.4) is 0 Å². The van der Waals surface area contributed by atoms with Crippen molar-refractivity contribution in [3.63, 3.8) is 0 Å². The molecule has 3 N–H and O–H groups in total. The van der Waals surface area contributed by atoms with Crippen LogP contribution in [-0.2, 0) is 11.3 Å². The zero-order valence-corrected chi connectivity index (χ0v) is 12.8. The number of hydrogen-bond acceptors (Lipinski definition) is 2. The van der Waals surface area contributed by atoms with Crippen molar-refractivity contribution in [2.75, 3.05) is 18.4 Å². The minimum absolute atomic E-state index is 0.0717. The Hall–Kier alpha value is -2.04. The maximum absolute atomic E-state index is 11.1. The van der Waals surface area contributed by atoms with E-state index in [1.807, 2.05) is 24.3 Å². The van der Waals surface area contributed by atoms with Crippen molar-refractivity contribution in [3.05, 3.63) is 29.8 Å². The number of nitrogens with one attached hydrogen (secondary N) is 1. The quantitative estimate of drug-likeness (QED) is 0.661. The van der Waals surface area contributed by atoms with Crippen molar-refractivity contribution in [3.8, 4) is 0 Å². The predicted molar refractivity (Wildman–Crippen MR) is 86.0 cm³/mol. The second kappa shape index (κ2) is 7.11. The first kappa shape index (κ1) is 15.4. The van der Waals surface area contributed by atoms with Gasteiger partial charge in [-0.1, -0.05) is 19.1 Å². The van der Waals surface area contributed by atoms with E-state index in [1.165, 1.54) is 19.8 Å². The van der Waals surface area contributed by atoms with Crippen molar-refractivity contribution in [2.24, 2.45) is 16.6 Å². The van der Waals surface area contributed by atoms with Crippen molar-refractivity contribution in [1.82, 2.24) is 4.90 Å². The number of benzene rings is 1. The standard InChI is InChI=1S/C16H24N4O/c1-12-6-8-20(9-7-12)16(17)18-11-14-4-3-5-15(10-14)19-13(2)21/h3-5,10,12H,6-9,11H2,1-2H3,(H2,17,18)(H,19,21). The highest BCUT2D eigenvalue weighted by atomic mass is 16.1. The van der Waals surface area contributed by atoms with E-state index in [4.69, 9.17) is 5.73 Å². The molecule has 5 heteroatoms. The number of carbonyl (C=O) groups excluding carboxylic acids is 1. The fraction of sp³-hybridized carbons (Fsp3) is 0.500. The van der Waals surface area contributed by atoms with Gasteiger partial charge in [-0.2, -0.15) is 0 Å². The second-order valence-corrected chi connectivity index (χ2v) is 5.73. The maximum atomic E-state index is 11.1. The van der Waals surface area contributed by atoms with Gasteiger partial charge in [0.05, 0.1) is 6.54 Å². The molecule has 1 aliphatic heterocycles. The highest BCUT2D eigenvalue weighted by Crippen LogP contribution is 2.16. The third-order valence-corrected chi connectivity index (χ3v) is 3.78. The summed E-state index contributed by atoms with van der Waals surface area (Å²) in [5.41, 5.74) is 7.90. The van der Waals surface area contributed by atoms with Crippen molar-refractivity contribution in [1.29, 1.82) is 0 Å². The molecule has 1 saturated heterocycles. The van der Waals surface area contributed by atoms with Crippen molar-refractivity contribution >= 4 is 17.6 Å². The normalized spacial score (nSPS) is 16.9. The molecule has 1 aromatic carbocycles. The molecule has 0 atom stereocenters. The Bertz CT molecular complexity index is 519. The molecule has 0 spiro atoms. The molecule has 0 aromatic heterocycles. The number of nitrogens with two attached hydrogens (primary N) is 1. The molecule has 1 aromatic rings. The van der Waals surface area contributed by atoms with E-state index in [0.717, 1.165) is 30.3 Å². The number of likely N-dealkylation sites (tertiary alicyclic amines) is 1. The molecule has 0 aliphatic carbocycles. The number of hydrogen-bond donors (Lipinski definition) is 2. The Balaban J connectivity index is 1.94. The summed E-state index contributed by atoms with van der Waals surface area (Å²) in [6, 6.07) is 7.69. The number of carbonyl (C=O) groups is 1. The summed E-state index contributed by atoms with van der Waals surface area (Å²) in [6.07, 6.45) is 2.35. The van der Waals surface area contributed by atoms with Gasteiger partial charge in [0.15, 0.2) is 5.96 Å². The lowest BCUT2D eigenvalue weighted by Crippen LogP contribution is -2.42. The molecule has 1 fully saturated rings. The molecule has 2 rings (SSSR count). The smallest absolute Gasteiger partial charge is 0.221 e. The van der Waals surface area contributed by atoms with E-state index in [1.54, 1.807) is 0 Å². The van der Waals surface area contributed by atoms with Gasteiger partial charge < -0.3 is 16.0 Å². The number of amides is 1. The Labute approximate surface area is 126 Å². The van der Waals surface area contributed by atoms with E-state index in [0.29, 0.717) is 12.5 Å². The predicted octanol–water partition coefficient (Wildman–Crippen LogP) is 2.19. The first-order valence-electron chi connectivity index (χ1n) is 7.46. The van der Waals surface area contributed by atoms with Gasteiger partial charge in [-0.05, 0) is 36.5 Å². The zero-order valence-electron chi connectivity index (χ0n) is 12.8. The van der Waals surface area contributed by atoms with Gasteiger partial charge >= 0.3 is 0 Å². The van der Waals surface area contributed by atoms with Crippen LogP contribution in [0.4, 0.5) is 5.69 Å². The van der Waals surface area contributed by atoms with Gasteiger partial charge in [-0.3, -0.25) is 4.79 Å². The fourth-order valence-corrected chi connectivity index (χ4v) is 2.46. The lowest BCUT2D eigenvalue weighted by atomic mass is 10.00. The van der Waals surface area contributed by atoms with Crippen LogP contribution in [0, 0.1) is 5.92 Å². The SMILES string of the molecule is CC(=O)Nc1cccc(CN=C(N)N2CCC(C)CC2)c1. The summed E-state index contributed by atoms with van der Waals surface area (Å²) in [4.78, 5) is 17.7. The number of anilines is 1. The molecule has 0 unspecified atom stereocenters. The summed E-state index contributed by atoms with van der Waals surface area (Å²) < 4.78 is 0. The number of aliphatic imine (C=N–C) groups is 1. The highest BCUT2D eigenvalue weighted by molar-refractivity contribution is 5.88. The van der Waals surface area contributed by atoms with Crippen LogP contribution in [0.15, 0.2) is 29.3 Å². The maximum Gasteiger partial charge on any atom is 0.221 e. The molecule has 1 heterocycles. The van der Waals surface area contributed by atoms with Crippen molar-refractivity contribution in [2.45, 2.75) is 33.2 Å². The summed E-state index contributed by atoms with van der Waals surface area (Å²) >= 11 is 0. The molecule has 0 saturated carbocycles. The van der Waals surface area contributed by atoms with Crippen LogP contribution >= 0.6 is 0 Å². The Morgan fingerprint density at radius 1 is 1.43 bits per heavy atom. The Kier molecular flexibility index (Phi) is 5.20. The van der Waals surface area contributed by atoms with Crippen LogP contribution in [0.1, 0.15) is 32.3 Å². The first-order valence-corrected chi connectivity index (χ1v) is 7.46. The number of rotatable bonds is 3. The molecular formula is C16H24N4O. The summed E-state index contributed by atoms with van der Waals surface area (Å²) in [5.74, 6) is 1.33. The zero-order chi connectivity index (χ0) is 15.2. The second-order valence-electron chi connectivity index (χ2n) is 5.73. The molecule has 114 valence electrons. The van der Waals surface area contributed by atoms with Gasteiger partial charge in [0.25, 0.3) is 0 Å². The number of guanidine groups is 1. The first-order chi connectivity index (χ1) is 10.0. The average molecular weight is 288 g/mol. The molecular weight excluding hydrogens is 264 g/mol. The van der Waals surface area contributed by atoms with Crippen LogP contribution in [-0.4, -0.2) is 29.9 Å². The van der Waals surface area contributed by atoms with E-state index in [-0.39, 0.29) is 5.91 Å². The average Bonchev–Trinajstić information content (AvgIpc) is 2.45. The van der Waals surface area contributed by atoms with Gasteiger partial charge in [0, 0.05) is 25.7 Å². The Morgan fingerprint density at radius 2 is 2.14 bits per heavy atom. The number of piperidine rings is 1. The third kappa shape index (κ3) is 4.77. The molecule has 1 amide bonds. The molecule has 0 bridgehead atoms. The van der Waals surface area contributed by atoms with Gasteiger partial charge in [-0.25, -0.2) is 4.99 Å². The van der Waals surface area contributed by atoms with E-state index in [2.05, 4.69) is 22.1 Å². The Morgan fingerprint density at radius 3 is 2.81 bits per heavy atom. The third-order valence-electron chi connectivity index (χ3n) is 3.78. The van der Waals surface area contributed by atoms with Gasteiger partial charge in [0.2, 0.25) is 5.91 Å².